The van der Waals surface area contributed by atoms with Gasteiger partial charge in [-0.2, -0.15) is 0 Å². The summed E-state index contributed by atoms with van der Waals surface area (Å²) in [5.74, 6) is -1.04. The quantitative estimate of drug-likeness (QED) is 0.755. The molecule has 94 valence electrons. The normalized spacial score (nSPS) is 11.4. The lowest BCUT2D eigenvalue weighted by Crippen LogP contribution is -2.55. The number of carbonyl (C=O) groups excluding carboxylic acids is 1. The maximum Gasteiger partial charge on any atom is 0.328 e. The van der Waals surface area contributed by atoms with Crippen LogP contribution in [0, 0.1) is 0 Å². The molecular formula is C11H22N2O3. The predicted octanol–water partition coefficient (Wildman–Crippen LogP) is 1.68. The highest BCUT2D eigenvalue weighted by molar-refractivity contribution is 5.85. The molecule has 0 atom stereocenters. The van der Waals surface area contributed by atoms with E-state index in [0.717, 1.165) is 12.8 Å². The van der Waals surface area contributed by atoms with E-state index >= 15 is 0 Å². The molecule has 0 spiro atoms. The van der Waals surface area contributed by atoms with Crippen LogP contribution < -0.4 is 5.32 Å². The summed E-state index contributed by atoms with van der Waals surface area (Å²) in [4.78, 5) is 24.2. The molecule has 0 saturated heterocycles. The molecule has 16 heavy (non-hydrogen) atoms. The van der Waals surface area contributed by atoms with Gasteiger partial charge in [-0.3, -0.25) is 0 Å². The smallest absolute Gasteiger partial charge is 0.328 e. The Kier molecular flexibility index (Phi) is 5.27. The first-order chi connectivity index (χ1) is 7.26. The minimum atomic E-state index is -1.24. The summed E-state index contributed by atoms with van der Waals surface area (Å²) in [6, 6.07) is -0.203. The van der Waals surface area contributed by atoms with Gasteiger partial charge in [0.1, 0.15) is 5.54 Å². The number of carboxylic acids is 1. The molecule has 0 radical (unpaired) electrons. The van der Waals surface area contributed by atoms with Crippen molar-refractivity contribution in [2.75, 3.05) is 7.05 Å². The molecular weight excluding hydrogens is 208 g/mol. The largest absolute Gasteiger partial charge is 0.480 e. The Morgan fingerprint density at radius 1 is 1.31 bits per heavy atom. The molecule has 5 nitrogen and oxygen atoms in total. The summed E-state index contributed by atoms with van der Waals surface area (Å²) in [6.45, 7) is 6.93. The van der Waals surface area contributed by atoms with Gasteiger partial charge in [-0.15, -0.1) is 0 Å². The van der Waals surface area contributed by atoms with Gasteiger partial charge in [0.2, 0.25) is 0 Å². The lowest BCUT2D eigenvalue weighted by Gasteiger charge is -2.30. The maximum atomic E-state index is 11.8. The van der Waals surface area contributed by atoms with Gasteiger partial charge in [0.15, 0.2) is 0 Å². The van der Waals surface area contributed by atoms with E-state index < -0.39 is 11.5 Å². The fraction of sp³-hybridized carbons (Fsp3) is 0.818. The van der Waals surface area contributed by atoms with E-state index in [1.165, 1.54) is 13.8 Å². The summed E-state index contributed by atoms with van der Waals surface area (Å²) in [7, 11) is 1.69. The molecule has 0 aromatic heterocycles. The van der Waals surface area contributed by atoms with E-state index in [2.05, 4.69) is 5.32 Å². The van der Waals surface area contributed by atoms with Gasteiger partial charge in [-0.05, 0) is 26.7 Å². The third kappa shape index (κ3) is 3.72. The van der Waals surface area contributed by atoms with E-state index in [4.69, 9.17) is 5.11 Å². The average molecular weight is 230 g/mol. The highest BCUT2D eigenvalue weighted by atomic mass is 16.4. The lowest BCUT2D eigenvalue weighted by molar-refractivity contribution is -0.143. The van der Waals surface area contributed by atoms with Crippen LogP contribution >= 0.6 is 0 Å². The molecule has 0 fully saturated rings. The van der Waals surface area contributed by atoms with Crippen molar-refractivity contribution in [1.82, 2.24) is 10.2 Å². The SMILES string of the molecule is CCC(CC)N(C)C(=O)NC(C)(C)C(=O)O. The van der Waals surface area contributed by atoms with Crippen molar-refractivity contribution in [2.24, 2.45) is 0 Å². The first-order valence-corrected chi connectivity index (χ1v) is 5.54. The Hall–Kier alpha value is -1.26. The number of urea groups is 1. The zero-order valence-corrected chi connectivity index (χ0v) is 10.7. The van der Waals surface area contributed by atoms with Gasteiger partial charge in [0.25, 0.3) is 0 Å². The van der Waals surface area contributed by atoms with Crippen molar-refractivity contribution >= 4 is 12.0 Å². The van der Waals surface area contributed by atoms with Crippen molar-refractivity contribution in [3.63, 3.8) is 0 Å². The minimum Gasteiger partial charge on any atom is -0.480 e. The molecule has 0 rings (SSSR count). The van der Waals surface area contributed by atoms with Gasteiger partial charge < -0.3 is 15.3 Å². The topological polar surface area (TPSA) is 69.6 Å². The van der Waals surface area contributed by atoms with Crippen LogP contribution in [-0.2, 0) is 4.79 Å². The Bertz CT molecular complexity index is 260. The summed E-state index contributed by atoms with van der Waals surface area (Å²) in [5, 5.41) is 11.4. The van der Waals surface area contributed by atoms with Crippen LogP contribution in [0.3, 0.4) is 0 Å². The van der Waals surface area contributed by atoms with E-state index in [-0.39, 0.29) is 12.1 Å². The van der Waals surface area contributed by atoms with Gasteiger partial charge in [0.05, 0.1) is 0 Å². The van der Waals surface area contributed by atoms with Gasteiger partial charge >= 0.3 is 12.0 Å². The lowest BCUT2D eigenvalue weighted by atomic mass is 10.1. The monoisotopic (exact) mass is 230 g/mol. The second-order valence-corrected chi connectivity index (χ2v) is 4.44. The van der Waals surface area contributed by atoms with Crippen LogP contribution in [0.1, 0.15) is 40.5 Å². The van der Waals surface area contributed by atoms with Gasteiger partial charge in [0, 0.05) is 13.1 Å². The van der Waals surface area contributed by atoms with Gasteiger partial charge in [-0.1, -0.05) is 13.8 Å². The number of hydrogen-bond acceptors (Lipinski definition) is 2. The number of hydrogen-bond donors (Lipinski definition) is 2. The Morgan fingerprint density at radius 3 is 2.06 bits per heavy atom. The fourth-order valence-corrected chi connectivity index (χ4v) is 1.41. The van der Waals surface area contributed by atoms with E-state index in [9.17, 15) is 9.59 Å². The maximum absolute atomic E-state index is 11.8. The van der Waals surface area contributed by atoms with Crippen LogP contribution in [0.25, 0.3) is 0 Å². The van der Waals surface area contributed by atoms with Crippen molar-refractivity contribution < 1.29 is 14.7 Å². The van der Waals surface area contributed by atoms with E-state index in [1.807, 2.05) is 13.8 Å². The number of amides is 2. The standard InChI is InChI=1S/C11H22N2O3/c1-6-8(7-2)13(5)10(16)12-11(3,4)9(14)15/h8H,6-7H2,1-5H3,(H,12,16)(H,14,15). The highest BCUT2D eigenvalue weighted by Crippen LogP contribution is 2.09. The number of carboxylic acid groups (broad SMARTS) is 1. The third-order valence-corrected chi connectivity index (χ3v) is 2.76. The number of nitrogens with one attached hydrogen (secondary N) is 1. The van der Waals surface area contributed by atoms with Crippen LogP contribution in [-0.4, -0.2) is 40.6 Å². The Labute approximate surface area is 96.8 Å². The number of nitrogens with zero attached hydrogens (tertiary/aromatic N) is 1. The molecule has 2 amide bonds. The van der Waals surface area contributed by atoms with Crippen LogP contribution in [0.15, 0.2) is 0 Å². The van der Waals surface area contributed by atoms with Crippen molar-refractivity contribution in [3.8, 4) is 0 Å². The first-order valence-electron chi connectivity index (χ1n) is 5.54. The second kappa shape index (κ2) is 5.72. The van der Waals surface area contributed by atoms with E-state index in [0.29, 0.717) is 0 Å². The number of rotatable bonds is 5. The molecule has 0 heterocycles. The summed E-state index contributed by atoms with van der Waals surface area (Å²) < 4.78 is 0. The molecule has 0 saturated carbocycles. The molecule has 5 heteroatoms. The minimum absolute atomic E-state index is 0.143. The molecule has 0 bridgehead atoms. The fourth-order valence-electron chi connectivity index (χ4n) is 1.41. The van der Waals surface area contributed by atoms with Crippen molar-refractivity contribution in [2.45, 2.75) is 52.1 Å². The molecule has 0 aromatic rings. The third-order valence-electron chi connectivity index (χ3n) is 2.76. The van der Waals surface area contributed by atoms with E-state index in [1.54, 1.807) is 11.9 Å². The molecule has 2 N–H and O–H groups in total. The van der Waals surface area contributed by atoms with Crippen LogP contribution in [0.2, 0.25) is 0 Å². The summed E-state index contributed by atoms with van der Waals surface area (Å²) in [5.41, 5.74) is -1.24. The average Bonchev–Trinajstić information content (AvgIpc) is 2.18. The zero-order valence-electron chi connectivity index (χ0n) is 10.7. The summed E-state index contributed by atoms with van der Waals surface area (Å²) >= 11 is 0. The number of carbonyl (C=O) groups is 2. The molecule has 0 aliphatic carbocycles. The first kappa shape index (κ1) is 14.7. The molecule has 0 unspecified atom stereocenters. The van der Waals surface area contributed by atoms with Crippen LogP contribution in [0.4, 0.5) is 4.79 Å². The molecule has 0 aliphatic heterocycles. The highest BCUT2D eigenvalue weighted by Gasteiger charge is 2.31. The van der Waals surface area contributed by atoms with Crippen molar-refractivity contribution in [1.29, 1.82) is 0 Å². The van der Waals surface area contributed by atoms with Gasteiger partial charge in [-0.25, -0.2) is 9.59 Å². The second-order valence-electron chi connectivity index (χ2n) is 4.44. The predicted molar refractivity (Wildman–Crippen MR) is 62.4 cm³/mol. The Morgan fingerprint density at radius 2 is 1.75 bits per heavy atom. The zero-order chi connectivity index (χ0) is 12.9. The number of aliphatic carboxylic acids is 1. The summed E-state index contributed by atoms with van der Waals surface area (Å²) in [6.07, 6.45) is 1.71. The Balaban J connectivity index is 4.52. The van der Waals surface area contributed by atoms with Crippen molar-refractivity contribution in [3.05, 3.63) is 0 Å². The van der Waals surface area contributed by atoms with Crippen LogP contribution in [0.5, 0.6) is 0 Å². The molecule has 0 aliphatic rings. The molecule has 0 aromatic carbocycles.